The quantitative estimate of drug-likeness (QED) is 0.708. The number of sulfonamides is 1. The number of hydrogen-bond donors (Lipinski definition) is 0. The van der Waals surface area contributed by atoms with E-state index in [0.717, 1.165) is 23.4 Å². The highest BCUT2D eigenvalue weighted by Crippen LogP contribution is 2.27. The van der Waals surface area contributed by atoms with Crippen LogP contribution in [0.5, 0.6) is 0 Å². The van der Waals surface area contributed by atoms with Crippen LogP contribution < -0.4 is 9.80 Å². The minimum Gasteiger partial charge on any atom is -0.378 e. The van der Waals surface area contributed by atoms with Crippen LogP contribution in [0, 0.1) is 0 Å². The van der Waals surface area contributed by atoms with E-state index in [0.29, 0.717) is 45.3 Å². The minimum absolute atomic E-state index is 0.474. The van der Waals surface area contributed by atoms with Gasteiger partial charge >= 0.3 is 0 Å². The summed E-state index contributed by atoms with van der Waals surface area (Å²) in [6, 6.07) is 0. The molecule has 2 aliphatic rings. The van der Waals surface area contributed by atoms with Gasteiger partial charge in [-0.25, -0.2) is 13.4 Å². The number of anilines is 2. The Morgan fingerprint density at radius 3 is 2.35 bits per heavy atom. The molecule has 1 aromatic heterocycles. The Morgan fingerprint density at radius 2 is 1.74 bits per heavy atom. The number of ether oxygens (including phenoxy) is 1. The maximum atomic E-state index is 11.6. The first-order valence-electron chi connectivity index (χ1n) is 7.50. The molecule has 8 nitrogen and oxygen atoms in total. The van der Waals surface area contributed by atoms with Crippen LogP contribution in [0.2, 0.25) is 0 Å². The van der Waals surface area contributed by atoms with Crippen molar-refractivity contribution in [2.45, 2.75) is 0 Å². The highest BCUT2D eigenvalue weighted by atomic mass is 79.9. The van der Waals surface area contributed by atoms with Crippen molar-refractivity contribution < 1.29 is 13.2 Å². The van der Waals surface area contributed by atoms with Crippen LogP contribution in [-0.4, -0.2) is 81.4 Å². The van der Waals surface area contributed by atoms with E-state index in [4.69, 9.17) is 4.74 Å². The van der Waals surface area contributed by atoms with Crippen LogP contribution in [0.3, 0.4) is 0 Å². The summed E-state index contributed by atoms with van der Waals surface area (Å²) in [6.45, 7) is 5.11. The van der Waals surface area contributed by atoms with Crippen molar-refractivity contribution in [3.05, 3.63) is 10.7 Å². The molecule has 128 valence electrons. The molecule has 10 heteroatoms. The Labute approximate surface area is 144 Å². The number of hydrogen-bond acceptors (Lipinski definition) is 7. The summed E-state index contributed by atoms with van der Waals surface area (Å²) < 4.78 is 30.9. The normalized spacial score (nSPS) is 20.8. The smallest absolute Gasteiger partial charge is 0.227 e. The zero-order valence-corrected chi connectivity index (χ0v) is 15.4. The van der Waals surface area contributed by atoms with Gasteiger partial charge in [-0.15, -0.1) is 0 Å². The third-order valence-electron chi connectivity index (χ3n) is 4.01. The monoisotopic (exact) mass is 405 g/mol. The lowest BCUT2D eigenvalue weighted by Crippen LogP contribution is -2.48. The Morgan fingerprint density at radius 1 is 1.09 bits per heavy atom. The molecule has 0 atom stereocenters. The molecule has 1 aromatic rings. The number of rotatable bonds is 3. The minimum atomic E-state index is -3.13. The van der Waals surface area contributed by atoms with Crippen LogP contribution in [0.15, 0.2) is 10.7 Å². The summed E-state index contributed by atoms with van der Waals surface area (Å²) in [7, 11) is -3.13. The molecule has 3 rings (SSSR count). The van der Waals surface area contributed by atoms with E-state index >= 15 is 0 Å². The fourth-order valence-corrected chi connectivity index (χ4v) is 3.99. The molecule has 0 saturated carbocycles. The van der Waals surface area contributed by atoms with Crippen molar-refractivity contribution in [3.8, 4) is 0 Å². The van der Waals surface area contributed by atoms with Gasteiger partial charge in [0.25, 0.3) is 0 Å². The molecule has 0 spiro atoms. The molecule has 0 unspecified atom stereocenters. The Hall–Kier alpha value is -0.970. The van der Waals surface area contributed by atoms with Crippen molar-refractivity contribution in [1.29, 1.82) is 0 Å². The SMILES string of the molecule is CS(=O)(=O)N1CCN(c2nc(N3CCOCC3)ncc2Br)CC1. The van der Waals surface area contributed by atoms with Crippen molar-refractivity contribution in [1.82, 2.24) is 14.3 Å². The molecule has 0 amide bonds. The summed E-state index contributed by atoms with van der Waals surface area (Å²) in [6.07, 6.45) is 3.01. The molecule has 0 aromatic carbocycles. The van der Waals surface area contributed by atoms with Crippen molar-refractivity contribution in [2.75, 3.05) is 68.5 Å². The second-order valence-corrected chi connectivity index (χ2v) is 8.43. The summed E-state index contributed by atoms with van der Waals surface area (Å²) in [5.41, 5.74) is 0. The molecule has 2 fully saturated rings. The van der Waals surface area contributed by atoms with Crippen molar-refractivity contribution in [3.63, 3.8) is 0 Å². The Bertz CT molecular complexity index is 658. The number of halogens is 1. The third-order valence-corrected chi connectivity index (χ3v) is 5.88. The van der Waals surface area contributed by atoms with E-state index in [1.807, 2.05) is 0 Å². The van der Waals surface area contributed by atoms with Crippen LogP contribution in [0.1, 0.15) is 0 Å². The topological polar surface area (TPSA) is 78.9 Å². The molecule has 23 heavy (non-hydrogen) atoms. The van der Waals surface area contributed by atoms with Crippen LogP contribution in [-0.2, 0) is 14.8 Å². The first-order chi connectivity index (χ1) is 10.9. The van der Waals surface area contributed by atoms with Gasteiger partial charge in [0.1, 0.15) is 5.82 Å². The molecule has 0 radical (unpaired) electrons. The average molecular weight is 406 g/mol. The molecule has 0 bridgehead atoms. The van der Waals surface area contributed by atoms with Gasteiger partial charge in [-0.2, -0.15) is 9.29 Å². The highest BCUT2D eigenvalue weighted by molar-refractivity contribution is 9.10. The Kier molecular flexibility index (Phi) is 5.04. The van der Waals surface area contributed by atoms with E-state index in [-0.39, 0.29) is 0 Å². The van der Waals surface area contributed by atoms with Crippen LogP contribution in [0.4, 0.5) is 11.8 Å². The fourth-order valence-electron chi connectivity index (χ4n) is 2.72. The molecular formula is C13H20BrN5O3S. The van der Waals surface area contributed by atoms with Gasteiger partial charge in [0.2, 0.25) is 16.0 Å². The number of morpholine rings is 1. The second-order valence-electron chi connectivity index (χ2n) is 5.59. The lowest BCUT2D eigenvalue weighted by atomic mass is 10.3. The van der Waals surface area contributed by atoms with Gasteiger partial charge in [0.15, 0.2) is 0 Å². The van der Waals surface area contributed by atoms with E-state index in [2.05, 4.69) is 35.7 Å². The maximum absolute atomic E-state index is 11.6. The first-order valence-corrected chi connectivity index (χ1v) is 10.1. The lowest BCUT2D eigenvalue weighted by molar-refractivity contribution is 0.122. The zero-order valence-electron chi connectivity index (χ0n) is 13.0. The van der Waals surface area contributed by atoms with Gasteiger partial charge < -0.3 is 14.5 Å². The predicted octanol–water partition coefficient (Wildman–Crippen LogP) is 0.157. The average Bonchev–Trinajstić information content (AvgIpc) is 2.55. The fraction of sp³-hybridized carbons (Fsp3) is 0.692. The van der Waals surface area contributed by atoms with Gasteiger partial charge in [0.05, 0.1) is 23.9 Å². The van der Waals surface area contributed by atoms with E-state index in [1.54, 1.807) is 6.20 Å². The van der Waals surface area contributed by atoms with Gasteiger partial charge in [-0.3, -0.25) is 0 Å². The van der Waals surface area contributed by atoms with Gasteiger partial charge in [-0.05, 0) is 15.9 Å². The molecular weight excluding hydrogens is 386 g/mol. The zero-order chi connectivity index (χ0) is 16.4. The van der Waals surface area contributed by atoms with Crippen molar-refractivity contribution >= 4 is 37.7 Å². The van der Waals surface area contributed by atoms with Gasteiger partial charge in [-0.1, -0.05) is 0 Å². The molecule has 0 N–H and O–H groups in total. The Balaban J connectivity index is 1.75. The highest BCUT2D eigenvalue weighted by Gasteiger charge is 2.26. The number of aromatic nitrogens is 2. The first kappa shape index (κ1) is 16.9. The predicted molar refractivity (Wildman–Crippen MR) is 91.4 cm³/mol. The number of nitrogens with zero attached hydrogens (tertiary/aromatic N) is 5. The van der Waals surface area contributed by atoms with Gasteiger partial charge in [0, 0.05) is 45.5 Å². The molecule has 2 aliphatic heterocycles. The van der Waals surface area contributed by atoms with Crippen LogP contribution >= 0.6 is 15.9 Å². The van der Waals surface area contributed by atoms with E-state index in [1.165, 1.54) is 10.6 Å². The molecule has 2 saturated heterocycles. The maximum Gasteiger partial charge on any atom is 0.227 e. The second kappa shape index (κ2) is 6.88. The van der Waals surface area contributed by atoms with E-state index < -0.39 is 10.0 Å². The standard InChI is InChI=1S/C13H20BrN5O3S/c1-23(20,21)19-4-2-17(3-5-19)12-11(14)10-15-13(16-12)18-6-8-22-9-7-18/h10H,2-9H2,1H3. The summed E-state index contributed by atoms with van der Waals surface area (Å²) in [5.74, 6) is 1.51. The van der Waals surface area contributed by atoms with Crippen LogP contribution in [0.25, 0.3) is 0 Å². The molecule has 0 aliphatic carbocycles. The van der Waals surface area contributed by atoms with Crippen molar-refractivity contribution in [2.24, 2.45) is 0 Å². The summed E-state index contributed by atoms with van der Waals surface area (Å²) in [5, 5.41) is 0. The summed E-state index contributed by atoms with van der Waals surface area (Å²) >= 11 is 3.50. The number of piperazine rings is 1. The lowest BCUT2D eigenvalue weighted by Gasteiger charge is -2.35. The third kappa shape index (κ3) is 3.93. The van der Waals surface area contributed by atoms with E-state index in [9.17, 15) is 8.42 Å². The molecule has 3 heterocycles. The largest absolute Gasteiger partial charge is 0.378 e. The summed E-state index contributed by atoms with van der Waals surface area (Å²) in [4.78, 5) is 13.3.